The van der Waals surface area contributed by atoms with Crippen LogP contribution in [-0.4, -0.2) is 13.7 Å². The Balaban J connectivity index is 2.24. The van der Waals surface area contributed by atoms with Crippen molar-refractivity contribution >= 4 is 15.9 Å². The molecule has 0 aromatic heterocycles. The summed E-state index contributed by atoms with van der Waals surface area (Å²) in [5.74, 6) is 1.79. The molecule has 0 saturated heterocycles. The number of halogens is 1. The molecule has 1 atom stereocenters. The van der Waals surface area contributed by atoms with E-state index >= 15 is 0 Å². The van der Waals surface area contributed by atoms with Gasteiger partial charge in [0.15, 0.2) is 0 Å². The summed E-state index contributed by atoms with van der Waals surface area (Å²) in [6.45, 7) is 4.78. The number of alkyl halides is 1. The summed E-state index contributed by atoms with van der Waals surface area (Å²) in [6, 6.07) is 14.3. The average molecular weight is 335 g/mol. The Hall–Kier alpha value is -1.48. The van der Waals surface area contributed by atoms with Crippen molar-refractivity contribution < 1.29 is 9.47 Å². The van der Waals surface area contributed by atoms with E-state index in [-0.39, 0.29) is 4.83 Å². The lowest BCUT2D eigenvalue weighted by Gasteiger charge is -2.15. The molecule has 0 aliphatic heterocycles. The number of methoxy groups -OCH3 is 1. The van der Waals surface area contributed by atoms with Gasteiger partial charge in [-0.2, -0.15) is 0 Å². The van der Waals surface area contributed by atoms with Crippen molar-refractivity contribution in [2.75, 3.05) is 13.7 Å². The third kappa shape index (κ3) is 3.34. The monoisotopic (exact) mass is 334 g/mol. The summed E-state index contributed by atoms with van der Waals surface area (Å²) >= 11 is 3.77. The molecule has 0 spiro atoms. The van der Waals surface area contributed by atoms with Gasteiger partial charge in [0.2, 0.25) is 0 Å². The lowest BCUT2D eigenvalue weighted by Crippen LogP contribution is -1.97. The van der Waals surface area contributed by atoms with E-state index in [0.717, 1.165) is 11.5 Å². The zero-order chi connectivity index (χ0) is 14.5. The molecular formula is C17H19BrO2. The average Bonchev–Trinajstić information content (AvgIpc) is 2.47. The third-order valence-electron chi connectivity index (χ3n) is 3.23. The van der Waals surface area contributed by atoms with Crippen LogP contribution in [0.1, 0.15) is 28.4 Å². The molecule has 1 unspecified atom stereocenters. The molecule has 3 heteroatoms. The van der Waals surface area contributed by atoms with Gasteiger partial charge >= 0.3 is 0 Å². The fraction of sp³-hybridized carbons (Fsp3) is 0.294. The fourth-order valence-electron chi connectivity index (χ4n) is 2.14. The van der Waals surface area contributed by atoms with Crippen LogP contribution in [-0.2, 0) is 0 Å². The third-order valence-corrected chi connectivity index (χ3v) is 4.26. The molecule has 2 nitrogen and oxygen atoms in total. The first-order valence-corrected chi connectivity index (χ1v) is 7.58. The van der Waals surface area contributed by atoms with Crippen LogP contribution in [0.15, 0.2) is 42.5 Å². The van der Waals surface area contributed by atoms with Crippen molar-refractivity contribution in [2.45, 2.75) is 18.7 Å². The highest BCUT2D eigenvalue weighted by atomic mass is 79.9. The molecule has 0 amide bonds. The first-order valence-electron chi connectivity index (χ1n) is 6.67. The number of ether oxygens (including phenoxy) is 2. The predicted molar refractivity (Wildman–Crippen MR) is 86.1 cm³/mol. The highest BCUT2D eigenvalue weighted by molar-refractivity contribution is 9.09. The maximum absolute atomic E-state index is 5.47. The number of benzene rings is 2. The van der Waals surface area contributed by atoms with Crippen LogP contribution in [0, 0.1) is 6.92 Å². The molecule has 0 saturated carbocycles. The molecule has 2 aromatic carbocycles. The van der Waals surface area contributed by atoms with Gasteiger partial charge in [-0.05, 0) is 54.8 Å². The van der Waals surface area contributed by atoms with Crippen LogP contribution in [0.4, 0.5) is 0 Å². The molecule has 0 fully saturated rings. The van der Waals surface area contributed by atoms with Crippen molar-refractivity contribution in [3.63, 3.8) is 0 Å². The largest absolute Gasteiger partial charge is 0.497 e. The van der Waals surface area contributed by atoms with Crippen LogP contribution >= 0.6 is 15.9 Å². The molecule has 2 rings (SSSR count). The molecule has 0 heterocycles. The Morgan fingerprint density at radius 1 is 1.05 bits per heavy atom. The molecule has 106 valence electrons. The van der Waals surface area contributed by atoms with E-state index in [1.54, 1.807) is 7.11 Å². The maximum Gasteiger partial charge on any atom is 0.119 e. The van der Waals surface area contributed by atoms with E-state index in [2.05, 4.69) is 47.1 Å². The van der Waals surface area contributed by atoms with E-state index in [1.807, 2.05) is 25.1 Å². The van der Waals surface area contributed by atoms with E-state index in [1.165, 1.54) is 16.7 Å². The summed E-state index contributed by atoms with van der Waals surface area (Å²) < 4.78 is 10.7. The number of hydrogen-bond acceptors (Lipinski definition) is 2. The van der Waals surface area contributed by atoms with Crippen LogP contribution in [0.3, 0.4) is 0 Å². The maximum atomic E-state index is 5.47. The Kier molecular flexibility index (Phi) is 5.07. The van der Waals surface area contributed by atoms with Gasteiger partial charge < -0.3 is 9.47 Å². The molecule has 0 radical (unpaired) electrons. The first kappa shape index (κ1) is 14.9. The topological polar surface area (TPSA) is 18.5 Å². The van der Waals surface area contributed by atoms with E-state index in [0.29, 0.717) is 6.61 Å². The van der Waals surface area contributed by atoms with Gasteiger partial charge in [0, 0.05) is 0 Å². The predicted octanol–water partition coefficient (Wildman–Crippen LogP) is 4.89. The fourth-order valence-corrected chi connectivity index (χ4v) is 2.96. The Labute approximate surface area is 128 Å². The van der Waals surface area contributed by atoms with Crippen LogP contribution < -0.4 is 9.47 Å². The molecule has 0 aliphatic rings. The molecule has 0 bridgehead atoms. The SMILES string of the molecule is CCOc1ccc(C(Br)c2ccc(OC)cc2C)cc1. The summed E-state index contributed by atoms with van der Waals surface area (Å²) in [6.07, 6.45) is 0. The summed E-state index contributed by atoms with van der Waals surface area (Å²) in [7, 11) is 1.69. The minimum absolute atomic E-state index is 0.170. The smallest absolute Gasteiger partial charge is 0.119 e. The molecular weight excluding hydrogens is 316 g/mol. The second-order valence-corrected chi connectivity index (χ2v) is 5.50. The summed E-state index contributed by atoms with van der Waals surface area (Å²) in [5, 5.41) is 0. The van der Waals surface area contributed by atoms with Crippen molar-refractivity contribution in [3.05, 3.63) is 59.2 Å². The highest BCUT2D eigenvalue weighted by Crippen LogP contribution is 2.34. The minimum Gasteiger partial charge on any atom is -0.497 e. The van der Waals surface area contributed by atoms with Gasteiger partial charge in [0.25, 0.3) is 0 Å². The van der Waals surface area contributed by atoms with Crippen molar-refractivity contribution in [2.24, 2.45) is 0 Å². The lowest BCUT2D eigenvalue weighted by atomic mass is 10.00. The second-order valence-electron chi connectivity index (χ2n) is 4.59. The quantitative estimate of drug-likeness (QED) is 0.725. The minimum atomic E-state index is 0.170. The second kappa shape index (κ2) is 6.80. The van der Waals surface area contributed by atoms with Crippen LogP contribution in [0.5, 0.6) is 11.5 Å². The normalized spacial score (nSPS) is 12.0. The number of aryl methyl sites for hydroxylation is 1. The Morgan fingerprint density at radius 2 is 1.70 bits per heavy atom. The number of hydrogen-bond donors (Lipinski definition) is 0. The van der Waals surface area contributed by atoms with Gasteiger partial charge in [0.05, 0.1) is 18.5 Å². The van der Waals surface area contributed by atoms with Gasteiger partial charge in [0.1, 0.15) is 11.5 Å². The first-order chi connectivity index (χ1) is 9.65. The molecule has 20 heavy (non-hydrogen) atoms. The van der Waals surface area contributed by atoms with Gasteiger partial charge in [-0.3, -0.25) is 0 Å². The van der Waals surface area contributed by atoms with Crippen molar-refractivity contribution in [1.29, 1.82) is 0 Å². The zero-order valence-corrected chi connectivity index (χ0v) is 13.6. The van der Waals surface area contributed by atoms with E-state index in [9.17, 15) is 0 Å². The lowest BCUT2D eigenvalue weighted by molar-refractivity contribution is 0.340. The van der Waals surface area contributed by atoms with Gasteiger partial charge in [-0.25, -0.2) is 0 Å². The summed E-state index contributed by atoms with van der Waals surface area (Å²) in [4.78, 5) is 0.170. The summed E-state index contributed by atoms with van der Waals surface area (Å²) in [5.41, 5.74) is 3.66. The number of rotatable bonds is 5. The van der Waals surface area contributed by atoms with Crippen LogP contribution in [0.25, 0.3) is 0 Å². The van der Waals surface area contributed by atoms with Gasteiger partial charge in [-0.15, -0.1) is 0 Å². The Morgan fingerprint density at radius 3 is 2.25 bits per heavy atom. The highest BCUT2D eigenvalue weighted by Gasteiger charge is 2.13. The van der Waals surface area contributed by atoms with Crippen molar-refractivity contribution in [3.8, 4) is 11.5 Å². The molecule has 0 N–H and O–H groups in total. The zero-order valence-electron chi connectivity index (χ0n) is 12.0. The standard InChI is InChI=1S/C17H19BrO2/c1-4-20-14-7-5-13(6-8-14)17(18)16-10-9-15(19-3)11-12(16)2/h5-11,17H,4H2,1-3H3. The van der Waals surface area contributed by atoms with Crippen LogP contribution in [0.2, 0.25) is 0 Å². The van der Waals surface area contributed by atoms with E-state index in [4.69, 9.17) is 9.47 Å². The molecule has 0 aliphatic carbocycles. The Bertz CT molecular complexity index is 564. The van der Waals surface area contributed by atoms with Crippen molar-refractivity contribution in [1.82, 2.24) is 0 Å². The van der Waals surface area contributed by atoms with Gasteiger partial charge in [-0.1, -0.05) is 34.1 Å². The molecule has 2 aromatic rings. The van der Waals surface area contributed by atoms with E-state index < -0.39 is 0 Å².